The van der Waals surface area contributed by atoms with Crippen LogP contribution in [-0.4, -0.2) is 28.4 Å². The number of alkyl halides is 3. The first-order valence-corrected chi connectivity index (χ1v) is 8.06. The van der Waals surface area contributed by atoms with E-state index in [1.165, 1.54) is 16.8 Å². The third-order valence-corrected chi connectivity index (χ3v) is 4.30. The van der Waals surface area contributed by atoms with Gasteiger partial charge in [0.05, 0.1) is 22.3 Å². The molecule has 0 saturated heterocycles. The number of fused-ring (bicyclic) bond motifs is 3. The van der Waals surface area contributed by atoms with E-state index >= 15 is 0 Å². The second-order valence-corrected chi connectivity index (χ2v) is 6.38. The molecule has 9 heteroatoms. The molecule has 1 aromatic carbocycles. The fraction of sp³-hybridized carbons (Fsp3) is 0.294. The zero-order valence-corrected chi connectivity index (χ0v) is 14.4. The lowest BCUT2D eigenvalue weighted by Crippen LogP contribution is -2.33. The molecule has 0 amide bonds. The molecule has 3 aromatic rings. The maximum atomic E-state index is 12.5. The minimum atomic E-state index is -4.37. The summed E-state index contributed by atoms with van der Waals surface area (Å²) in [7, 11) is 1.59. The number of hydrogen-bond donors (Lipinski definition) is 1. The third kappa shape index (κ3) is 3.61. The number of nitrogens with zero attached hydrogens (tertiary/aromatic N) is 2. The first-order valence-electron chi connectivity index (χ1n) is 7.68. The molecule has 3 rings (SSSR count). The van der Waals surface area contributed by atoms with E-state index in [2.05, 4.69) is 4.98 Å². The molecule has 138 valence electrons. The quantitative estimate of drug-likeness (QED) is 0.699. The number of aromatic nitrogens is 2. The summed E-state index contributed by atoms with van der Waals surface area (Å²) < 4.78 is 43.9. The highest BCUT2D eigenvalue weighted by Crippen LogP contribution is 2.33. The number of halogens is 4. The highest BCUT2D eigenvalue weighted by Gasteiger charge is 2.30. The number of pyridine rings is 2. The van der Waals surface area contributed by atoms with Gasteiger partial charge in [0.1, 0.15) is 12.4 Å². The summed E-state index contributed by atoms with van der Waals surface area (Å²) in [5.74, 6) is 0.167. The van der Waals surface area contributed by atoms with Crippen LogP contribution in [0.4, 0.5) is 13.2 Å². The standard InChI is InChI=1S/C17H15ClF3N3O2/c1-24-14-5-15(26-8-9(22)6-17(19,20)21)13(18)4-11(14)10-2-3-23-7-12(10)16(24)25/h2-5,7,9H,6,8,22H2,1H3. The predicted octanol–water partition coefficient (Wildman–Crippen LogP) is 3.40. The molecule has 0 saturated carbocycles. The molecule has 2 N–H and O–H groups in total. The summed E-state index contributed by atoms with van der Waals surface area (Å²) in [5.41, 5.74) is 5.74. The van der Waals surface area contributed by atoms with E-state index in [0.717, 1.165) is 0 Å². The molecule has 0 aliphatic heterocycles. The first-order chi connectivity index (χ1) is 12.2. The van der Waals surface area contributed by atoms with Gasteiger partial charge in [-0.25, -0.2) is 0 Å². The molecule has 26 heavy (non-hydrogen) atoms. The molecule has 0 fully saturated rings. The Morgan fingerprint density at radius 1 is 1.31 bits per heavy atom. The zero-order chi connectivity index (χ0) is 19.1. The van der Waals surface area contributed by atoms with Gasteiger partial charge in [-0.2, -0.15) is 13.2 Å². The van der Waals surface area contributed by atoms with Gasteiger partial charge in [-0.05, 0) is 17.5 Å². The lowest BCUT2D eigenvalue weighted by Gasteiger charge is -2.17. The van der Waals surface area contributed by atoms with Gasteiger partial charge in [-0.1, -0.05) is 11.6 Å². The van der Waals surface area contributed by atoms with Crippen LogP contribution >= 0.6 is 11.6 Å². The highest BCUT2D eigenvalue weighted by molar-refractivity contribution is 6.33. The Balaban J connectivity index is 2.01. The Hall–Kier alpha value is -2.32. The molecule has 2 heterocycles. The lowest BCUT2D eigenvalue weighted by atomic mass is 10.1. The van der Waals surface area contributed by atoms with Gasteiger partial charge < -0.3 is 15.0 Å². The van der Waals surface area contributed by atoms with Gasteiger partial charge in [0.2, 0.25) is 0 Å². The maximum Gasteiger partial charge on any atom is 0.390 e. The summed E-state index contributed by atoms with van der Waals surface area (Å²) in [6, 6.07) is 3.63. The summed E-state index contributed by atoms with van der Waals surface area (Å²) >= 11 is 6.22. The highest BCUT2D eigenvalue weighted by atomic mass is 35.5. The smallest absolute Gasteiger partial charge is 0.390 e. The van der Waals surface area contributed by atoms with Gasteiger partial charge >= 0.3 is 6.18 Å². The van der Waals surface area contributed by atoms with Gasteiger partial charge in [-0.3, -0.25) is 9.78 Å². The van der Waals surface area contributed by atoms with Gasteiger partial charge in [0, 0.05) is 36.9 Å². The number of nitrogens with two attached hydrogens (primary N) is 1. The summed E-state index contributed by atoms with van der Waals surface area (Å²) in [4.78, 5) is 16.4. The van der Waals surface area contributed by atoms with Crippen LogP contribution in [0, 0.1) is 0 Å². The van der Waals surface area contributed by atoms with E-state index in [1.54, 1.807) is 25.4 Å². The number of hydrogen-bond acceptors (Lipinski definition) is 4. The van der Waals surface area contributed by atoms with Gasteiger partial charge in [0.25, 0.3) is 5.56 Å². The Kier molecular flexibility index (Phi) is 4.81. The fourth-order valence-electron chi connectivity index (χ4n) is 2.79. The SMILES string of the molecule is Cn1c(=O)c2cnccc2c2cc(Cl)c(OCC(N)CC(F)(F)F)cc21. The van der Waals surface area contributed by atoms with Crippen molar-refractivity contribution >= 4 is 33.3 Å². The van der Waals surface area contributed by atoms with Crippen molar-refractivity contribution in [1.29, 1.82) is 0 Å². The van der Waals surface area contributed by atoms with E-state index in [9.17, 15) is 18.0 Å². The Bertz CT molecular complexity index is 1030. The summed E-state index contributed by atoms with van der Waals surface area (Å²) in [6.07, 6.45) is -2.48. The zero-order valence-electron chi connectivity index (χ0n) is 13.7. The number of aryl methyl sites for hydroxylation is 1. The van der Waals surface area contributed by atoms with Crippen LogP contribution in [0.25, 0.3) is 21.7 Å². The van der Waals surface area contributed by atoms with Crippen molar-refractivity contribution < 1.29 is 17.9 Å². The topological polar surface area (TPSA) is 70.1 Å². The molecule has 0 radical (unpaired) electrons. The average molecular weight is 386 g/mol. The number of benzene rings is 1. The van der Waals surface area contributed by atoms with Crippen molar-refractivity contribution in [2.75, 3.05) is 6.61 Å². The first kappa shape index (κ1) is 18.5. The van der Waals surface area contributed by atoms with Crippen molar-refractivity contribution in [2.45, 2.75) is 18.6 Å². The predicted molar refractivity (Wildman–Crippen MR) is 93.6 cm³/mol. The average Bonchev–Trinajstić information content (AvgIpc) is 2.56. The van der Waals surface area contributed by atoms with E-state index in [1.807, 2.05) is 0 Å². The third-order valence-electron chi connectivity index (χ3n) is 4.00. The molecular formula is C17H15ClF3N3O2. The molecule has 5 nitrogen and oxygen atoms in total. The maximum absolute atomic E-state index is 12.5. The van der Waals surface area contributed by atoms with Crippen LogP contribution in [0.15, 0.2) is 35.4 Å². The second kappa shape index (κ2) is 6.77. The van der Waals surface area contributed by atoms with Crippen molar-refractivity contribution in [3.8, 4) is 5.75 Å². The van der Waals surface area contributed by atoms with E-state index in [4.69, 9.17) is 22.1 Å². The van der Waals surface area contributed by atoms with Crippen LogP contribution in [0.5, 0.6) is 5.75 Å². The summed E-state index contributed by atoms with van der Waals surface area (Å²) in [6.45, 7) is -0.351. The van der Waals surface area contributed by atoms with Crippen molar-refractivity contribution in [2.24, 2.45) is 12.8 Å². The molecule has 1 unspecified atom stereocenters. The van der Waals surface area contributed by atoms with Crippen molar-refractivity contribution in [1.82, 2.24) is 9.55 Å². The Morgan fingerprint density at radius 3 is 2.73 bits per heavy atom. The minimum absolute atomic E-state index is 0.167. The Labute approximate surface area is 151 Å². The molecule has 0 aliphatic carbocycles. The van der Waals surface area contributed by atoms with Crippen LogP contribution in [0.3, 0.4) is 0 Å². The van der Waals surface area contributed by atoms with E-state index < -0.39 is 18.6 Å². The minimum Gasteiger partial charge on any atom is -0.490 e. The van der Waals surface area contributed by atoms with Crippen LogP contribution in [0.1, 0.15) is 6.42 Å². The lowest BCUT2D eigenvalue weighted by molar-refractivity contribution is -0.139. The molecule has 0 aliphatic rings. The van der Waals surface area contributed by atoms with Crippen LogP contribution in [0.2, 0.25) is 5.02 Å². The largest absolute Gasteiger partial charge is 0.490 e. The van der Waals surface area contributed by atoms with E-state index in [0.29, 0.717) is 21.7 Å². The summed E-state index contributed by atoms with van der Waals surface area (Å²) in [5, 5.41) is 2.05. The molecular weight excluding hydrogens is 371 g/mol. The van der Waals surface area contributed by atoms with E-state index in [-0.39, 0.29) is 22.9 Å². The van der Waals surface area contributed by atoms with Crippen molar-refractivity contribution in [3.05, 3.63) is 46.0 Å². The molecule has 1 atom stereocenters. The molecule has 2 aromatic heterocycles. The normalized spacial score (nSPS) is 13.3. The number of rotatable bonds is 4. The van der Waals surface area contributed by atoms with Crippen molar-refractivity contribution in [3.63, 3.8) is 0 Å². The second-order valence-electron chi connectivity index (χ2n) is 5.98. The van der Waals surface area contributed by atoms with Crippen LogP contribution in [-0.2, 0) is 7.05 Å². The van der Waals surface area contributed by atoms with Crippen LogP contribution < -0.4 is 16.0 Å². The molecule has 0 bridgehead atoms. The molecule has 0 spiro atoms. The van der Waals surface area contributed by atoms with Gasteiger partial charge in [-0.15, -0.1) is 0 Å². The Morgan fingerprint density at radius 2 is 2.04 bits per heavy atom. The fourth-order valence-corrected chi connectivity index (χ4v) is 3.01. The number of ether oxygens (including phenoxy) is 1. The van der Waals surface area contributed by atoms with Gasteiger partial charge in [0.15, 0.2) is 0 Å². The monoisotopic (exact) mass is 385 g/mol.